The summed E-state index contributed by atoms with van der Waals surface area (Å²) in [6, 6.07) is 0. The Hall–Kier alpha value is 0.991. The molecule has 0 heterocycles. The molecule has 0 aromatic carbocycles. The summed E-state index contributed by atoms with van der Waals surface area (Å²) >= 11 is 0. The Morgan fingerprint density at radius 1 is 0.500 bits per heavy atom. The molecule has 0 aromatic heterocycles. The van der Waals surface area contributed by atoms with Gasteiger partial charge in [-0.1, -0.05) is 20.8 Å². The Labute approximate surface area is 152 Å². The molecule has 0 amide bonds. The molecule has 0 saturated carbocycles. The molecular formula is C4H11B3F12K-3. The molecule has 0 fully saturated rings. The normalized spacial score (nSPS) is 10.8. The van der Waals surface area contributed by atoms with E-state index < -0.39 is 21.8 Å². The third-order valence-electron chi connectivity index (χ3n) is 0. The van der Waals surface area contributed by atoms with E-state index in [0.717, 1.165) is 5.92 Å². The van der Waals surface area contributed by atoms with Gasteiger partial charge in [-0.15, -0.1) is 0 Å². The summed E-state index contributed by atoms with van der Waals surface area (Å²) in [6.45, 7) is 6.50. The van der Waals surface area contributed by atoms with Crippen LogP contribution >= 0.6 is 0 Å². The van der Waals surface area contributed by atoms with Crippen LogP contribution in [0.2, 0.25) is 0 Å². The Morgan fingerprint density at radius 2 is 0.500 bits per heavy atom. The van der Waals surface area contributed by atoms with E-state index in [0.29, 0.717) is 0 Å². The molecule has 0 bridgehead atoms. The van der Waals surface area contributed by atoms with E-state index in [4.69, 9.17) is 0 Å². The minimum atomic E-state index is -6.00. The maximum atomic E-state index is 9.75. The van der Waals surface area contributed by atoms with Gasteiger partial charge >= 0.3 is 73.1 Å². The van der Waals surface area contributed by atoms with Gasteiger partial charge < -0.3 is 53.2 Å². The molecular weight excluding hydrogens is 348 g/mol. The van der Waals surface area contributed by atoms with E-state index in [1.54, 1.807) is 0 Å². The van der Waals surface area contributed by atoms with Crippen LogP contribution in [-0.4, -0.2) is 21.8 Å². The fourth-order valence-electron chi connectivity index (χ4n) is 0. The minimum absolute atomic E-state index is 0. The zero-order valence-electron chi connectivity index (χ0n) is 11.8. The number of rotatable bonds is 0. The van der Waals surface area contributed by atoms with Gasteiger partial charge in [-0.2, -0.15) is 0 Å². The van der Waals surface area contributed by atoms with Crippen molar-refractivity contribution in [2.45, 2.75) is 20.8 Å². The van der Waals surface area contributed by atoms with Crippen LogP contribution in [0.1, 0.15) is 22.2 Å². The molecule has 0 atom stereocenters. The van der Waals surface area contributed by atoms with Crippen molar-refractivity contribution in [1.29, 1.82) is 0 Å². The van der Waals surface area contributed by atoms with Crippen LogP contribution in [0.25, 0.3) is 0 Å². The van der Waals surface area contributed by atoms with E-state index >= 15 is 0 Å². The fraction of sp³-hybridized carbons (Fsp3) is 1.00. The second-order valence-electron chi connectivity index (χ2n) is 3.22. The molecule has 20 heavy (non-hydrogen) atoms. The predicted molar refractivity (Wildman–Crippen MR) is 52.2 cm³/mol. The van der Waals surface area contributed by atoms with Gasteiger partial charge in [0.05, 0.1) is 0 Å². The van der Waals surface area contributed by atoms with Crippen LogP contribution in [-0.2, 0) is 0 Å². The fourth-order valence-corrected chi connectivity index (χ4v) is 0. The minimum Gasteiger partial charge on any atom is -1.00 e. The van der Waals surface area contributed by atoms with Gasteiger partial charge in [0.15, 0.2) is 0 Å². The van der Waals surface area contributed by atoms with E-state index in [-0.39, 0.29) is 52.8 Å². The van der Waals surface area contributed by atoms with Crippen LogP contribution in [0.15, 0.2) is 0 Å². The van der Waals surface area contributed by atoms with Crippen LogP contribution < -0.4 is 51.4 Å². The Balaban J connectivity index is -0.0000000347. The molecule has 0 aliphatic carbocycles. The van der Waals surface area contributed by atoms with Crippen molar-refractivity contribution in [3.05, 3.63) is 0 Å². The predicted octanol–water partition coefficient (Wildman–Crippen LogP) is 2.68. The zero-order valence-corrected chi connectivity index (χ0v) is 14.0. The van der Waals surface area contributed by atoms with Crippen molar-refractivity contribution in [2.75, 3.05) is 0 Å². The summed E-state index contributed by atoms with van der Waals surface area (Å²) in [5.41, 5.74) is 0. The quantitative estimate of drug-likeness (QED) is 0.461. The topological polar surface area (TPSA) is 0 Å². The Kier molecular flexibility index (Phi) is 24.5. The van der Waals surface area contributed by atoms with Crippen molar-refractivity contribution in [3.63, 3.8) is 0 Å². The first-order valence-electron chi connectivity index (χ1n) is 4.35. The van der Waals surface area contributed by atoms with Crippen molar-refractivity contribution >= 4 is 21.8 Å². The molecule has 0 aliphatic rings. The van der Waals surface area contributed by atoms with Gasteiger partial charge in [-0.3, -0.25) is 0 Å². The average molecular weight is 359 g/mol. The van der Waals surface area contributed by atoms with Gasteiger partial charge in [0.1, 0.15) is 0 Å². The molecule has 0 radical (unpaired) electrons. The first-order valence-corrected chi connectivity index (χ1v) is 4.35. The summed E-state index contributed by atoms with van der Waals surface area (Å²) < 4.78 is 117. The maximum Gasteiger partial charge on any atom is 1.00 e. The molecule has 0 nitrogen and oxygen atoms in total. The summed E-state index contributed by atoms with van der Waals surface area (Å²) in [5.74, 6) is 0.833. The van der Waals surface area contributed by atoms with Crippen LogP contribution in [0.5, 0.6) is 0 Å². The smallest absolute Gasteiger partial charge is 1.00 e. The molecule has 16 heteroatoms. The monoisotopic (exact) mass is 359 g/mol. The van der Waals surface area contributed by atoms with E-state index in [9.17, 15) is 51.8 Å². The van der Waals surface area contributed by atoms with Crippen LogP contribution in [0.4, 0.5) is 51.8 Å². The number of hydrogen-bond donors (Lipinski definition) is 0. The van der Waals surface area contributed by atoms with E-state index in [1.165, 1.54) is 0 Å². The van der Waals surface area contributed by atoms with Gasteiger partial charge in [-0.25, -0.2) is 0 Å². The van der Waals surface area contributed by atoms with Crippen molar-refractivity contribution < 1.29 is 105 Å². The van der Waals surface area contributed by atoms with Gasteiger partial charge in [0, 0.05) is 0 Å². The molecule has 0 unspecified atom stereocenters. The van der Waals surface area contributed by atoms with Gasteiger partial charge in [-0.05, 0) is 5.92 Å². The number of halogens is 12. The zero-order chi connectivity index (χ0) is 17.1. The third-order valence-corrected chi connectivity index (χ3v) is 0. The largest absolute Gasteiger partial charge is 1.00 e. The summed E-state index contributed by atoms with van der Waals surface area (Å²) in [5, 5.41) is 0. The molecule has 0 spiro atoms. The van der Waals surface area contributed by atoms with Crippen LogP contribution in [0.3, 0.4) is 0 Å². The molecule has 0 rings (SSSR count). The molecule has 124 valence electrons. The Bertz CT molecular complexity index is 141. The standard InChI is InChI=1S/C4H10.3BF4.K.H/c1-4(2)3;3*2-1(3,4)5;;/h4H,1-3H3;;;;;/q;3*-1;+1;-1. The second kappa shape index (κ2) is 14.9. The average Bonchev–Trinajstić information content (AvgIpc) is 1.66. The first kappa shape index (κ1) is 32.8. The van der Waals surface area contributed by atoms with E-state index in [1.807, 2.05) is 0 Å². The van der Waals surface area contributed by atoms with Crippen molar-refractivity contribution in [1.82, 2.24) is 0 Å². The molecule has 0 aromatic rings. The molecule has 0 aliphatic heterocycles. The summed E-state index contributed by atoms with van der Waals surface area (Å²) in [6.07, 6.45) is 0. The summed E-state index contributed by atoms with van der Waals surface area (Å²) in [4.78, 5) is 0. The van der Waals surface area contributed by atoms with Crippen molar-refractivity contribution in [3.8, 4) is 0 Å². The SMILES string of the molecule is CC(C)C.F[B-](F)(F)F.F[B-](F)(F)F.F[B-](F)(F)F.[H-].[K+]. The van der Waals surface area contributed by atoms with Crippen LogP contribution in [0, 0.1) is 5.92 Å². The first-order chi connectivity index (χ1) is 7.73. The van der Waals surface area contributed by atoms with Crippen molar-refractivity contribution in [2.24, 2.45) is 5.92 Å². The second-order valence-corrected chi connectivity index (χ2v) is 3.22. The Morgan fingerprint density at radius 3 is 0.500 bits per heavy atom. The molecule has 0 N–H and O–H groups in total. The maximum absolute atomic E-state index is 9.75. The number of hydrogen-bond acceptors (Lipinski definition) is 0. The van der Waals surface area contributed by atoms with E-state index in [2.05, 4.69) is 20.8 Å². The third kappa shape index (κ3) is 6260. The van der Waals surface area contributed by atoms with Gasteiger partial charge in [0.25, 0.3) is 0 Å². The summed E-state index contributed by atoms with van der Waals surface area (Å²) in [7, 11) is -18.0. The van der Waals surface area contributed by atoms with Gasteiger partial charge in [0.2, 0.25) is 0 Å². The molecule has 0 saturated heterocycles.